The third-order valence-electron chi connectivity index (χ3n) is 3.40. The molecule has 2 heterocycles. The van der Waals surface area contributed by atoms with Gasteiger partial charge in [-0.1, -0.05) is 6.07 Å². The van der Waals surface area contributed by atoms with Gasteiger partial charge in [-0.2, -0.15) is 0 Å². The number of hydrogen-bond donors (Lipinski definition) is 2. The SMILES string of the molecule is CC1CC(C(=O)NCCc2ccccn2)CCN1. The predicted molar refractivity (Wildman–Crippen MR) is 71.1 cm³/mol. The van der Waals surface area contributed by atoms with Crippen LogP contribution in [0.2, 0.25) is 0 Å². The van der Waals surface area contributed by atoms with Crippen molar-refractivity contribution in [2.24, 2.45) is 5.92 Å². The van der Waals surface area contributed by atoms with Crippen molar-refractivity contribution in [3.05, 3.63) is 30.1 Å². The Balaban J connectivity index is 1.71. The zero-order chi connectivity index (χ0) is 12.8. The molecule has 2 atom stereocenters. The van der Waals surface area contributed by atoms with E-state index in [9.17, 15) is 4.79 Å². The third kappa shape index (κ3) is 3.81. The number of carbonyl (C=O) groups is 1. The van der Waals surface area contributed by atoms with Crippen LogP contribution < -0.4 is 10.6 Å². The maximum Gasteiger partial charge on any atom is 0.223 e. The molecule has 1 aliphatic heterocycles. The molecule has 2 N–H and O–H groups in total. The Hall–Kier alpha value is -1.42. The average Bonchev–Trinajstić information content (AvgIpc) is 2.40. The summed E-state index contributed by atoms with van der Waals surface area (Å²) in [4.78, 5) is 16.2. The monoisotopic (exact) mass is 247 g/mol. The van der Waals surface area contributed by atoms with Crippen LogP contribution in [0.4, 0.5) is 0 Å². The second kappa shape index (κ2) is 6.50. The van der Waals surface area contributed by atoms with Gasteiger partial charge in [0.05, 0.1) is 0 Å². The lowest BCUT2D eigenvalue weighted by molar-refractivity contribution is -0.126. The van der Waals surface area contributed by atoms with E-state index in [1.807, 2.05) is 18.2 Å². The van der Waals surface area contributed by atoms with Crippen LogP contribution in [-0.4, -0.2) is 30.0 Å². The molecule has 1 amide bonds. The number of piperidine rings is 1. The summed E-state index contributed by atoms with van der Waals surface area (Å²) in [6, 6.07) is 6.31. The van der Waals surface area contributed by atoms with Gasteiger partial charge < -0.3 is 10.6 Å². The van der Waals surface area contributed by atoms with Crippen molar-refractivity contribution in [2.45, 2.75) is 32.2 Å². The van der Waals surface area contributed by atoms with Crippen LogP contribution in [0.3, 0.4) is 0 Å². The second-order valence-corrected chi connectivity index (χ2v) is 4.94. The summed E-state index contributed by atoms with van der Waals surface area (Å²) >= 11 is 0. The molecule has 2 rings (SSSR count). The van der Waals surface area contributed by atoms with Crippen molar-refractivity contribution in [3.8, 4) is 0 Å². The van der Waals surface area contributed by atoms with E-state index in [1.165, 1.54) is 0 Å². The van der Waals surface area contributed by atoms with Gasteiger partial charge in [0.1, 0.15) is 0 Å². The highest BCUT2D eigenvalue weighted by atomic mass is 16.1. The summed E-state index contributed by atoms with van der Waals surface area (Å²) in [7, 11) is 0. The van der Waals surface area contributed by atoms with E-state index in [0.29, 0.717) is 12.6 Å². The average molecular weight is 247 g/mol. The Morgan fingerprint density at radius 2 is 2.44 bits per heavy atom. The summed E-state index contributed by atoms with van der Waals surface area (Å²) < 4.78 is 0. The minimum atomic E-state index is 0.171. The summed E-state index contributed by atoms with van der Waals surface area (Å²) in [6.07, 6.45) is 4.47. The van der Waals surface area contributed by atoms with Gasteiger partial charge in [0.2, 0.25) is 5.91 Å². The lowest BCUT2D eigenvalue weighted by atomic mass is 9.92. The van der Waals surface area contributed by atoms with Gasteiger partial charge in [-0.05, 0) is 38.4 Å². The number of hydrogen-bond acceptors (Lipinski definition) is 3. The lowest BCUT2D eigenvalue weighted by Gasteiger charge is -2.27. The molecular formula is C14H21N3O. The van der Waals surface area contributed by atoms with Crippen LogP contribution in [0.25, 0.3) is 0 Å². The summed E-state index contributed by atoms with van der Waals surface area (Å²) in [5.41, 5.74) is 1.02. The number of aromatic nitrogens is 1. The van der Waals surface area contributed by atoms with E-state index in [1.54, 1.807) is 6.20 Å². The van der Waals surface area contributed by atoms with Crippen molar-refractivity contribution < 1.29 is 4.79 Å². The van der Waals surface area contributed by atoms with E-state index in [-0.39, 0.29) is 11.8 Å². The fraction of sp³-hybridized carbons (Fsp3) is 0.571. The van der Waals surface area contributed by atoms with Gasteiger partial charge in [0.15, 0.2) is 0 Å². The number of nitrogens with one attached hydrogen (secondary N) is 2. The van der Waals surface area contributed by atoms with Gasteiger partial charge >= 0.3 is 0 Å². The zero-order valence-corrected chi connectivity index (χ0v) is 10.9. The van der Waals surface area contributed by atoms with Crippen LogP contribution in [0.15, 0.2) is 24.4 Å². The number of rotatable bonds is 4. The van der Waals surface area contributed by atoms with Gasteiger partial charge in [-0.15, -0.1) is 0 Å². The van der Waals surface area contributed by atoms with Crippen LogP contribution in [0.1, 0.15) is 25.5 Å². The van der Waals surface area contributed by atoms with Gasteiger partial charge in [-0.25, -0.2) is 0 Å². The molecule has 0 spiro atoms. The molecule has 18 heavy (non-hydrogen) atoms. The Morgan fingerprint density at radius 3 is 3.17 bits per heavy atom. The standard InChI is InChI=1S/C14H21N3O/c1-11-10-12(5-8-15-11)14(18)17-9-6-13-4-2-3-7-16-13/h2-4,7,11-12,15H,5-6,8-10H2,1H3,(H,17,18). The molecule has 0 radical (unpaired) electrons. The minimum Gasteiger partial charge on any atom is -0.355 e. The molecule has 1 aliphatic rings. The van der Waals surface area contributed by atoms with E-state index in [4.69, 9.17) is 0 Å². The fourth-order valence-corrected chi connectivity index (χ4v) is 2.37. The van der Waals surface area contributed by atoms with E-state index >= 15 is 0 Å². The largest absolute Gasteiger partial charge is 0.355 e. The van der Waals surface area contributed by atoms with Gasteiger partial charge in [0.25, 0.3) is 0 Å². The van der Waals surface area contributed by atoms with Crippen LogP contribution in [0, 0.1) is 5.92 Å². The first-order chi connectivity index (χ1) is 8.75. The van der Waals surface area contributed by atoms with Crippen LogP contribution in [-0.2, 0) is 11.2 Å². The van der Waals surface area contributed by atoms with Crippen molar-refractivity contribution in [1.29, 1.82) is 0 Å². The molecule has 1 aromatic rings. The molecular weight excluding hydrogens is 226 g/mol. The highest BCUT2D eigenvalue weighted by Crippen LogP contribution is 2.15. The minimum absolute atomic E-state index is 0.171. The topological polar surface area (TPSA) is 54.0 Å². The first-order valence-corrected chi connectivity index (χ1v) is 6.66. The van der Waals surface area contributed by atoms with Crippen LogP contribution >= 0.6 is 0 Å². The van der Waals surface area contributed by atoms with E-state index in [2.05, 4.69) is 22.5 Å². The molecule has 4 nitrogen and oxygen atoms in total. The highest BCUT2D eigenvalue weighted by molar-refractivity contribution is 5.78. The first-order valence-electron chi connectivity index (χ1n) is 6.66. The number of pyridine rings is 1. The Morgan fingerprint density at radius 1 is 1.56 bits per heavy atom. The lowest BCUT2D eigenvalue weighted by Crippen LogP contribution is -2.42. The van der Waals surface area contributed by atoms with Crippen molar-refractivity contribution in [1.82, 2.24) is 15.6 Å². The molecule has 1 saturated heterocycles. The molecule has 0 bridgehead atoms. The molecule has 1 aromatic heterocycles. The van der Waals surface area contributed by atoms with E-state index in [0.717, 1.165) is 31.5 Å². The maximum atomic E-state index is 12.0. The Labute approximate surface area is 108 Å². The Bertz CT molecular complexity index is 380. The maximum absolute atomic E-state index is 12.0. The molecule has 98 valence electrons. The molecule has 0 aliphatic carbocycles. The summed E-state index contributed by atoms with van der Waals surface area (Å²) in [5, 5.41) is 6.37. The third-order valence-corrected chi connectivity index (χ3v) is 3.40. The number of amides is 1. The van der Waals surface area contributed by atoms with Gasteiger partial charge in [0, 0.05) is 36.8 Å². The number of carbonyl (C=O) groups excluding carboxylic acids is 1. The number of nitrogens with zero attached hydrogens (tertiary/aromatic N) is 1. The molecule has 2 unspecified atom stereocenters. The van der Waals surface area contributed by atoms with Gasteiger partial charge in [-0.3, -0.25) is 9.78 Å². The molecule has 0 aromatic carbocycles. The smallest absolute Gasteiger partial charge is 0.223 e. The molecule has 0 saturated carbocycles. The zero-order valence-electron chi connectivity index (χ0n) is 10.9. The van der Waals surface area contributed by atoms with Crippen molar-refractivity contribution in [2.75, 3.05) is 13.1 Å². The fourth-order valence-electron chi connectivity index (χ4n) is 2.37. The van der Waals surface area contributed by atoms with Crippen LogP contribution in [0.5, 0.6) is 0 Å². The highest BCUT2D eigenvalue weighted by Gasteiger charge is 2.24. The molecule has 4 heteroatoms. The second-order valence-electron chi connectivity index (χ2n) is 4.94. The quantitative estimate of drug-likeness (QED) is 0.838. The first kappa shape index (κ1) is 13.0. The summed E-state index contributed by atoms with van der Waals surface area (Å²) in [6.45, 7) is 3.75. The summed E-state index contributed by atoms with van der Waals surface area (Å²) in [5.74, 6) is 0.365. The normalized spacial score (nSPS) is 23.6. The van der Waals surface area contributed by atoms with E-state index < -0.39 is 0 Å². The van der Waals surface area contributed by atoms with Crippen molar-refractivity contribution in [3.63, 3.8) is 0 Å². The predicted octanol–water partition coefficient (Wildman–Crippen LogP) is 1.13. The Kier molecular flexibility index (Phi) is 4.70. The molecule has 1 fully saturated rings. The van der Waals surface area contributed by atoms with Crippen molar-refractivity contribution >= 4 is 5.91 Å².